The summed E-state index contributed by atoms with van der Waals surface area (Å²) in [5, 5.41) is 6.68. The van der Waals surface area contributed by atoms with Crippen LogP contribution in [0.2, 0.25) is 0 Å². The van der Waals surface area contributed by atoms with Crippen molar-refractivity contribution < 1.29 is 9.47 Å². The molecule has 0 amide bonds. The zero-order valence-corrected chi connectivity index (χ0v) is 11.6. The van der Waals surface area contributed by atoms with Crippen LogP contribution in [0.15, 0.2) is 18.2 Å². The topological polar surface area (TPSA) is 42.5 Å². The van der Waals surface area contributed by atoms with Crippen LogP contribution in [0.25, 0.3) is 0 Å². The SMILES string of the molecule is COCCNCCNCc1ccc(C)c(OC)c1. The molecule has 0 heterocycles. The highest BCUT2D eigenvalue weighted by Crippen LogP contribution is 2.18. The summed E-state index contributed by atoms with van der Waals surface area (Å²) in [5.41, 5.74) is 2.41. The van der Waals surface area contributed by atoms with Gasteiger partial charge in [-0.1, -0.05) is 12.1 Å². The third kappa shape index (κ3) is 5.49. The molecule has 18 heavy (non-hydrogen) atoms. The number of rotatable bonds is 9. The van der Waals surface area contributed by atoms with Crippen molar-refractivity contribution in [2.45, 2.75) is 13.5 Å². The first-order chi connectivity index (χ1) is 8.77. The number of methoxy groups -OCH3 is 2. The fraction of sp³-hybridized carbons (Fsp3) is 0.571. The van der Waals surface area contributed by atoms with E-state index in [2.05, 4.69) is 35.8 Å². The summed E-state index contributed by atoms with van der Waals surface area (Å²) >= 11 is 0. The van der Waals surface area contributed by atoms with E-state index in [1.807, 2.05) is 0 Å². The fourth-order valence-corrected chi connectivity index (χ4v) is 1.68. The van der Waals surface area contributed by atoms with E-state index in [1.165, 1.54) is 11.1 Å². The van der Waals surface area contributed by atoms with E-state index < -0.39 is 0 Å². The number of nitrogens with one attached hydrogen (secondary N) is 2. The Morgan fingerprint density at radius 3 is 2.56 bits per heavy atom. The molecule has 4 nitrogen and oxygen atoms in total. The molecule has 0 aliphatic carbocycles. The maximum atomic E-state index is 5.30. The normalized spacial score (nSPS) is 10.6. The molecule has 0 aliphatic heterocycles. The predicted octanol–water partition coefficient (Wildman–Crippen LogP) is 1.33. The lowest BCUT2D eigenvalue weighted by Crippen LogP contribution is -2.29. The van der Waals surface area contributed by atoms with Gasteiger partial charge in [0.15, 0.2) is 0 Å². The van der Waals surface area contributed by atoms with Crippen molar-refractivity contribution in [3.05, 3.63) is 29.3 Å². The molecule has 0 unspecified atom stereocenters. The summed E-state index contributed by atoms with van der Waals surface area (Å²) in [6.07, 6.45) is 0. The molecule has 0 bridgehead atoms. The van der Waals surface area contributed by atoms with Crippen LogP contribution in [0, 0.1) is 6.92 Å². The van der Waals surface area contributed by atoms with Crippen LogP contribution in [0.1, 0.15) is 11.1 Å². The molecule has 0 radical (unpaired) electrons. The summed E-state index contributed by atoms with van der Waals surface area (Å²) in [4.78, 5) is 0. The van der Waals surface area contributed by atoms with Gasteiger partial charge in [0.1, 0.15) is 5.75 Å². The minimum atomic E-state index is 0.759. The minimum Gasteiger partial charge on any atom is -0.496 e. The maximum Gasteiger partial charge on any atom is 0.122 e. The zero-order valence-electron chi connectivity index (χ0n) is 11.6. The molecule has 1 aromatic carbocycles. The monoisotopic (exact) mass is 252 g/mol. The fourth-order valence-electron chi connectivity index (χ4n) is 1.68. The minimum absolute atomic E-state index is 0.759. The summed E-state index contributed by atoms with van der Waals surface area (Å²) in [5.74, 6) is 0.951. The lowest BCUT2D eigenvalue weighted by Gasteiger charge is -2.09. The van der Waals surface area contributed by atoms with E-state index in [9.17, 15) is 0 Å². The van der Waals surface area contributed by atoms with Crippen LogP contribution in [0.5, 0.6) is 5.75 Å². The van der Waals surface area contributed by atoms with Gasteiger partial charge < -0.3 is 20.1 Å². The molecule has 0 saturated heterocycles. The van der Waals surface area contributed by atoms with Crippen molar-refractivity contribution in [3.63, 3.8) is 0 Å². The van der Waals surface area contributed by atoms with Gasteiger partial charge in [0.05, 0.1) is 13.7 Å². The van der Waals surface area contributed by atoms with Crippen molar-refractivity contribution in [1.29, 1.82) is 0 Å². The Bertz CT molecular complexity index is 343. The predicted molar refractivity (Wildman–Crippen MR) is 74.2 cm³/mol. The van der Waals surface area contributed by atoms with Crippen LogP contribution in [0.3, 0.4) is 0 Å². The second kappa shape index (κ2) is 8.91. The third-order valence-corrected chi connectivity index (χ3v) is 2.76. The quantitative estimate of drug-likeness (QED) is 0.651. The molecular weight excluding hydrogens is 228 g/mol. The second-order valence-corrected chi connectivity index (χ2v) is 4.22. The first-order valence-corrected chi connectivity index (χ1v) is 6.32. The van der Waals surface area contributed by atoms with E-state index >= 15 is 0 Å². The molecule has 1 aromatic rings. The van der Waals surface area contributed by atoms with Crippen LogP contribution in [0.4, 0.5) is 0 Å². The largest absolute Gasteiger partial charge is 0.496 e. The molecule has 0 saturated carbocycles. The van der Waals surface area contributed by atoms with Crippen LogP contribution >= 0.6 is 0 Å². The molecule has 0 aromatic heterocycles. The molecule has 102 valence electrons. The number of hydrogen-bond acceptors (Lipinski definition) is 4. The first kappa shape index (κ1) is 15.0. The molecule has 4 heteroatoms. The Morgan fingerprint density at radius 1 is 1.06 bits per heavy atom. The van der Waals surface area contributed by atoms with Gasteiger partial charge >= 0.3 is 0 Å². The van der Waals surface area contributed by atoms with E-state index in [4.69, 9.17) is 9.47 Å². The molecule has 0 fully saturated rings. The average molecular weight is 252 g/mol. The Kier molecular flexibility index (Phi) is 7.41. The van der Waals surface area contributed by atoms with Crippen molar-refractivity contribution in [2.75, 3.05) is 40.5 Å². The molecule has 2 N–H and O–H groups in total. The van der Waals surface area contributed by atoms with Gasteiger partial charge in [-0.25, -0.2) is 0 Å². The highest BCUT2D eigenvalue weighted by atomic mass is 16.5. The number of hydrogen-bond donors (Lipinski definition) is 2. The van der Waals surface area contributed by atoms with Crippen LogP contribution in [-0.4, -0.2) is 40.5 Å². The van der Waals surface area contributed by atoms with E-state index in [0.29, 0.717) is 0 Å². The number of ether oxygens (including phenoxy) is 2. The Labute approximate surface area is 110 Å². The smallest absolute Gasteiger partial charge is 0.122 e. The summed E-state index contributed by atoms with van der Waals surface area (Å²) in [7, 11) is 3.42. The van der Waals surface area contributed by atoms with Crippen molar-refractivity contribution >= 4 is 0 Å². The van der Waals surface area contributed by atoms with Gasteiger partial charge in [0.2, 0.25) is 0 Å². The molecule has 1 rings (SSSR count). The van der Waals surface area contributed by atoms with Gasteiger partial charge in [-0.15, -0.1) is 0 Å². The zero-order chi connectivity index (χ0) is 13.2. The van der Waals surface area contributed by atoms with Crippen molar-refractivity contribution in [3.8, 4) is 5.75 Å². The van der Waals surface area contributed by atoms with E-state index in [0.717, 1.165) is 38.5 Å². The second-order valence-electron chi connectivity index (χ2n) is 4.22. The van der Waals surface area contributed by atoms with Gasteiger partial charge in [0, 0.05) is 33.3 Å². The molecular formula is C14H24N2O2. The third-order valence-electron chi connectivity index (χ3n) is 2.76. The highest BCUT2D eigenvalue weighted by Gasteiger charge is 1.99. The average Bonchev–Trinajstić information content (AvgIpc) is 2.39. The van der Waals surface area contributed by atoms with E-state index in [1.54, 1.807) is 14.2 Å². The molecule has 0 aliphatic rings. The Hall–Kier alpha value is -1.10. The van der Waals surface area contributed by atoms with Gasteiger partial charge in [0.25, 0.3) is 0 Å². The van der Waals surface area contributed by atoms with E-state index in [-0.39, 0.29) is 0 Å². The lowest BCUT2D eigenvalue weighted by molar-refractivity contribution is 0.199. The Morgan fingerprint density at radius 2 is 1.83 bits per heavy atom. The standard InChI is InChI=1S/C14H24N2O2/c1-12-4-5-13(10-14(12)18-3)11-16-7-6-15-8-9-17-2/h4-5,10,15-16H,6-9,11H2,1-3H3. The maximum absolute atomic E-state index is 5.30. The van der Waals surface area contributed by atoms with Crippen LogP contribution in [-0.2, 0) is 11.3 Å². The number of benzene rings is 1. The van der Waals surface area contributed by atoms with Crippen LogP contribution < -0.4 is 15.4 Å². The Balaban J connectivity index is 2.19. The molecule has 0 spiro atoms. The lowest BCUT2D eigenvalue weighted by atomic mass is 10.1. The summed E-state index contributed by atoms with van der Waals surface area (Å²) < 4.78 is 10.3. The summed E-state index contributed by atoms with van der Waals surface area (Å²) in [6, 6.07) is 6.30. The summed E-state index contributed by atoms with van der Waals surface area (Å²) in [6.45, 7) is 6.47. The number of aryl methyl sites for hydroxylation is 1. The van der Waals surface area contributed by atoms with Gasteiger partial charge in [-0.3, -0.25) is 0 Å². The van der Waals surface area contributed by atoms with Gasteiger partial charge in [-0.05, 0) is 24.1 Å². The molecule has 0 atom stereocenters. The van der Waals surface area contributed by atoms with Gasteiger partial charge in [-0.2, -0.15) is 0 Å². The van der Waals surface area contributed by atoms with Crippen molar-refractivity contribution in [2.24, 2.45) is 0 Å². The first-order valence-electron chi connectivity index (χ1n) is 6.32. The highest BCUT2D eigenvalue weighted by molar-refractivity contribution is 5.36. The van der Waals surface area contributed by atoms with Crippen molar-refractivity contribution in [1.82, 2.24) is 10.6 Å².